The van der Waals surface area contributed by atoms with Crippen molar-refractivity contribution in [3.63, 3.8) is 0 Å². The zero-order valence-corrected chi connectivity index (χ0v) is 17.2. The van der Waals surface area contributed by atoms with E-state index >= 15 is 0 Å². The molecule has 0 aromatic heterocycles. The number of aliphatic hydroxyl groups is 4. The van der Waals surface area contributed by atoms with E-state index in [1.165, 1.54) is 0 Å². The van der Waals surface area contributed by atoms with Gasteiger partial charge in [-0.15, -0.1) is 0 Å². The molecule has 0 fully saturated rings. The molecule has 10 heteroatoms. The van der Waals surface area contributed by atoms with Crippen LogP contribution in [0.1, 0.15) is 26.3 Å². The van der Waals surface area contributed by atoms with E-state index in [9.17, 15) is 29.7 Å². The molecular weight excluding hydrogens is 396 g/mol. The van der Waals surface area contributed by atoms with Gasteiger partial charge >= 0.3 is 6.09 Å². The second-order valence-electron chi connectivity index (χ2n) is 7.79. The predicted molar refractivity (Wildman–Crippen MR) is 106 cm³/mol. The molecule has 2 amide bonds. The van der Waals surface area contributed by atoms with Crippen molar-refractivity contribution in [2.45, 2.75) is 63.2 Å². The van der Waals surface area contributed by atoms with E-state index in [0.29, 0.717) is 5.56 Å². The minimum atomic E-state index is -1.88. The minimum absolute atomic E-state index is 0.0649. The highest BCUT2D eigenvalue weighted by Crippen LogP contribution is 2.10. The van der Waals surface area contributed by atoms with Crippen molar-refractivity contribution in [2.75, 3.05) is 6.61 Å². The van der Waals surface area contributed by atoms with Crippen molar-refractivity contribution < 1.29 is 39.5 Å². The van der Waals surface area contributed by atoms with E-state index in [0.717, 1.165) is 0 Å². The molecule has 0 unspecified atom stereocenters. The fourth-order valence-corrected chi connectivity index (χ4v) is 2.52. The molecule has 1 aromatic rings. The third-order valence-electron chi connectivity index (χ3n) is 4.04. The number of aldehydes is 1. The molecular formula is C20H30N2O8. The summed E-state index contributed by atoms with van der Waals surface area (Å²) in [6.07, 6.45) is -6.07. The molecule has 0 saturated carbocycles. The van der Waals surface area contributed by atoms with Gasteiger partial charge in [-0.2, -0.15) is 0 Å². The number of carbonyl (C=O) groups excluding carboxylic acids is 3. The van der Waals surface area contributed by atoms with Crippen LogP contribution in [-0.2, 0) is 20.7 Å². The van der Waals surface area contributed by atoms with Gasteiger partial charge in [0.15, 0.2) is 0 Å². The first-order valence-corrected chi connectivity index (χ1v) is 9.42. The number of amides is 2. The van der Waals surface area contributed by atoms with Crippen LogP contribution in [0.4, 0.5) is 4.79 Å². The average Bonchev–Trinajstić information content (AvgIpc) is 2.68. The zero-order chi connectivity index (χ0) is 22.9. The lowest BCUT2D eigenvalue weighted by Gasteiger charge is -2.28. The normalized spacial score (nSPS) is 16.5. The smallest absolute Gasteiger partial charge is 0.408 e. The highest BCUT2D eigenvalue weighted by Gasteiger charge is 2.34. The molecule has 30 heavy (non-hydrogen) atoms. The van der Waals surface area contributed by atoms with Gasteiger partial charge in [0.1, 0.15) is 42.3 Å². The van der Waals surface area contributed by atoms with Gasteiger partial charge in [0.05, 0.1) is 6.61 Å². The molecule has 1 rings (SSSR count). The number of ether oxygens (including phenoxy) is 1. The molecule has 5 atom stereocenters. The summed E-state index contributed by atoms with van der Waals surface area (Å²) in [6, 6.07) is 6.02. The highest BCUT2D eigenvalue weighted by atomic mass is 16.6. The molecule has 0 heterocycles. The number of carbonyl (C=O) groups is 3. The van der Waals surface area contributed by atoms with Crippen LogP contribution in [0.15, 0.2) is 30.3 Å². The Morgan fingerprint density at radius 1 is 1.07 bits per heavy atom. The number of hydrogen-bond acceptors (Lipinski definition) is 8. The zero-order valence-electron chi connectivity index (χ0n) is 17.2. The Balaban J connectivity index is 2.96. The lowest BCUT2D eigenvalue weighted by atomic mass is 10.0. The third-order valence-corrected chi connectivity index (χ3v) is 4.04. The predicted octanol–water partition coefficient (Wildman–Crippen LogP) is -1.12. The molecule has 0 bridgehead atoms. The van der Waals surface area contributed by atoms with Gasteiger partial charge in [-0.3, -0.25) is 4.79 Å². The Bertz CT molecular complexity index is 692. The molecule has 10 nitrogen and oxygen atoms in total. The van der Waals surface area contributed by atoms with Gasteiger partial charge in [-0.1, -0.05) is 30.3 Å². The standard InChI is InChI=1S/C20H30N2O8/c1-20(2,3)30-19(29)22-13(9-12-7-5-4-6-8-12)18(28)21-14(10-23)16(26)17(27)15(25)11-24/h4-8,10,13-17,24-27H,9,11H2,1-3H3,(H,21,28)(H,22,29)/t13-,14+,15+,16+,17+/m0/s1. The Morgan fingerprint density at radius 3 is 2.17 bits per heavy atom. The third kappa shape index (κ3) is 8.46. The van der Waals surface area contributed by atoms with Crippen LogP contribution in [0.5, 0.6) is 0 Å². The number of nitrogens with one attached hydrogen (secondary N) is 2. The second kappa shape index (κ2) is 11.6. The van der Waals surface area contributed by atoms with Gasteiger partial charge in [0, 0.05) is 6.42 Å². The summed E-state index contributed by atoms with van der Waals surface area (Å²) in [5, 5.41) is 42.8. The van der Waals surface area contributed by atoms with Crippen molar-refractivity contribution in [2.24, 2.45) is 0 Å². The van der Waals surface area contributed by atoms with Gasteiger partial charge in [-0.05, 0) is 26.3 Å². The van der Waals surface area contributed by atoms with Crippen molar-refractivity contribution in [3.05, 3.63) is 35.9 Å². The lowest BCUT2D eigenvalue weighted by Crippen LogP contribution is -2.57. The average molecular weight is 426 g/mol. The van der Waals surface area contributed by atoms with Crippen LogP contribution in [0.2, 0.25) is 0 Å². The maximum atomic E-state index is 12.7. The molecule has 6 N–H and O–H groups in total. The Kier molecular flexibility index (Phi) is 9.86. The largest absolute Gasteiger partial charge is 0.444 e. The highest BCUT2D eigenvalue weighted by molar-refractivity contribution is 5.88. The van der Waals surface area contributed by atoms with Gasteiger partial charge in [-0.25, -0.2) is 4.79 Å². The van der Waals surface area contributed by atoms with Crippen LogP contribution in [0, 0.1) is 0 Å². The summed E-state index contributed by atoms with van der Waals surface area (Å²) in [7, 11) is 0. The van der Waals surface area contributed by atoms with E-state index < -0.39 is 54.6 Å². The minimum Gasteiger partial charge on any atom is -0.444 e. The molecule has 0 radical (unpaired) electrons. The number of alkyl carbamates (subject to hydrolysis) is 1. The number of hydrogen-bond donors (Lipinski definition) is 6. The Hall–Kier alpha value is -2.53. The number of rotatable bonds is 10. The Morgan fingerprint density at radius 2 is 1.67 bits per heavy atom. The van der Waals surface area contributed by atoms with Crippen molar-refractivity contribution in [1.29, 1.82) is 0 Å². The van der Waals surface area contributed by atoms with Crippen LogP contribution in [-0.4, -0.2) is 81.3 Å². The summed E-state index contributed by atoms with van der Waals surface area (Å²) in [4.78, 5) is 36.2. The number of aliphatic hydroxyl groups excluding tert-OH is 4. The second-order valence-corrected chi connectivity index (χ2v) is 7.79. The van der Waals surface area contributed by atoms with Crippen molar-refractivity contribution >= 4 is 18.3 Å². The van der Waals surface area contributed by atoms with E-state index in [1.54, 1.807) is 51.1 Å². The molecule has 0 aliphatic carbocycles. The molecule has 0 aliphatic heterocycles. The van der Waals surface area contributed by atoms with E-state index in [2.05, 4.69) is 10.6 Å². The molecule has 0 saturated heterocycles. The van der Waals surface area contributed by atoms with Crippen molar-refractivity contribution in [3.8, 4) is 0 Å². The van der Waals surface area contributed by atoms with Crippen LogP contribution in [0.25, 0.3) is 0 Å². The Labute approximate surface area is 174 Å². The lowest BCUT2D eigenvalue weighted by molar-refractivity contribution is -0.132. The van der Waals surface area contributed by atoms with Crippen LogP contribution >= 0.6 is 0 Å². The molecule has 0 aliphatic rings. The van der Waals surface area contributed by atoms with Gasteiger partial charge in [0.25, 0.3) is 0 Å². The van der Waals surface area contributed by atoms with Gasteiger partial charge in [0.2, 0.25) is 5.91 Å². The van der Waals surface area contributed by atoms with Gasteiger partial charge < -0.3 is 40.6 Å². The fourth-order valence-electron chi connectivity index (χ4n) is 2.52. The van der Waals surface area contributed by atoms with E-state index in [1.807, 2.05) is 0 Å². The summed E-state index contributed by atoms with van der Waals surface area (Å²) in [6.45, 7) is 4.12. The first-order valence-electron chi connectivity index (χ1n) is 9.42. The summed E-state index contributed by atoms with van der Waals surface area (Å²) in [5.41, 5.74) is -0.0862. The molecule has 168 valence electrons. The summed E-state index contributed by atoms with van der Waals surface area (Å²) in [5.74, 6) is -0.813. The number of benzene rings is 1. The first kappa shape index (κ1) is 25.5. The SMILES string of the molecule is CC(C)(C)OC(=O)N[C@@H](Cc1ccccc1)C(=O)N[C@H](C=O)[C@@H](O)[C@H](O)[C@H](O)CO. The van der Waals surface area contributed by atoms with Crippen LogP contribution in [0.3, 0.4) is 0 Å². The monoisotopic (exact) mass is 426 g/mol. The van der Waals surface area contributed by atoms with E-state index in [-0.39, 0.29) is 12.7 Å². The van der Waals surface area contributed by atoms with Crippen LogP contribution < -0.4 is 10.6 Å². The summed E-state index contributed by atoms with van der Waals surface area (Å²) >= 11 is 0. The summed E-state index contributed by atoms with van der Waals surface area (Å²) < 4.78 is 5.17. The van der Waals surface area contributed by atoms with E-state index in [4.69, 9.17) is 9.84 Å². The molecule has 0 spiro atoms. The quantitative estimate of drug-likeness (QED) is 0.256. The topological polar surface area (TPSA) is 165 Å². The maximum Gasteiger partial charge on any atom is 0.408 e. The maximum absolute atomic E-state index is 12.7. The first-order chi connectivity index (χ1) is 14.0. The van der Waals surface area contributed by atoms with Crippen molar-refractivity contribution in [1.82, 2.24) is 10.6 Å². The molecule has 1 aromatic carbocycles. The fraction of sp³-hybridized carbons (Fsp3) is 0.550.